The number of carbonyl (C=O) groups is 2. The van der Waals surface area contributed by atoms with Crippen molar-refractivity contribution in [1.82, 2.24) is 20.2 Å². The molecule has 0 fully saturated rings. The van der Waals surface area contributed by atoms with Crippen LogP contribution in [-0.2, 0) is 0 Å². The summed E-state index contributed by atoms with van der Waals surface area (Å²) in [5.41, 5.74) is 1.18. The molecule has 3 aromatic heterocycles. The van der Waals surface area contributed by atoms with Gasteiger partial charge < -0.3 is 15.1 Å². The lowest BCUT2D eigenvalue weighted by atomic mass is 10.2. The number of halogens is 1. The van der Waals surface area contributed by atoms with Gasteiger partial charge in [0.25, 0.3) is 11.8 Å². The van der Waals surface area contributed by atoms with E-state index in [4.69, 9.17) is 4.42 Å². The highest BCUT2D eigenvalue weighted by Gasteiger charge is 2.18. The SMILES string of the molecule is Cc1cc(NC(=O)c2ccco2)sc1C(=O)Nc1ccc(F)c(-n2nnnc2C)c1. The molecule has 2 N–H and O–H groups in total. The van der Waals surface area contributed by atoms with Crippen LogP contribution in [-0.4, -0.2) is 32.0 Å². The van der Waals surface area contributed by atoms with Crippen LogP contribution in [0.5, 0.6) is 0 Å². The summed E-state index contributed by atoms with van der Waals surface area (Å²) in [6.45, 7) is 3.40. The Morgan fingerprint density at radius 3 is 2.67 bits per heavy atom. The van der Waals surface area contributed by atoms with Crippen LogP contribution in [0.3, 0.4) is 0 Å². The molecule has 30 heavy (non-hydrogen) atoms. The number of aromatic nitrogens is 4. The summed E-state index contributed by atoms with van der Waals surface area (Å²) in [5.74, 6) is -0.749. The molecule has 0 aliphatic carbocycles. The maximum Gasteiger partial charge on any atom is 0.291 e. The molecule has 0 unspecified atom stereocenters. The summed E-state index contributed by atoms with van der Waals surface area (Å²) in [6, 6.07) is 8.96. The van der Waals surface area contributed by atoms with Crippen molar-refractivity contribution in [2.75, 3.05) is 10.6 Å². The van der Waals surface area contributed by atoms with Gasteiger partial charge in [0.1, 0.15) is 11.5 Å². The monoisotopic (exact) mass is 426 g/mol. The topological polar surface area (TPSA) is 115 Å². The van der Waals surface area contributed by atoms with E-state index in [2.05, 4.69) is 26.2 Å². The number of amides is 2. The lowest BCUT2D eigenvalue weighted by Crippen LogP contribution is -2.12. The van der Waals surface area contributed by atoms with Gasteiger partial charge in [0.2, 0.25) is 0 Å². The summed E-state index contributed by atoms with van der Waals surface area (Å²) in [7, 11) is 0. The molecule has 0 spiro atoms. The van der Waals surface area contributed by atoms with Crippen molar-refractivity contribution < 1.29 is 18.4 Å². The third-order valence-corrected chi connectivity index (χ3v) is 5.31. The Morgan fingerprint density at radius 1 is 1.13 bits per heavy atom. The zero-order valence-electron chi connectivity index (χ0n) is 15.8. The second kappa shape index (κ2) is 7.87. The van der Waals surface area contributed by atoms with Gasteiger partial charge in [0.15, 0.2) is 11.6 Å². The number of hydrogen-bond donors (Lipinski definition) is 2. The second-order valence-electron chi connectivity index (χ2n) is 6.31. The molecule has 0 aliphatic heterocycles. The minimum atomic E-state index is -0.529. The van der Waals surface area contributed by atoms with Crippen LogP contribution >= 0.6 is 11.3 Å². The van der Waals surface area contributed by atoms with E-state index in [1.807, 2.05) is 0 Å². The quantitative estimate of drug-likeness (QED) is 0.504. The number of nitrogens with one attached hydrogen (secondary N) is 2. The number of tetrazole rings is 1. The predicted octanol–water partition coefficient (Wildman–Crippen LogP) is 3.58. The van der Waals surface area contributed by atoms with Gasteiger partial charge in [-0.05, 0) is 66.2 Å². The highest BCUT2D eigenvalue weighted by molar-refractivity contribution is 7.18. The molecule has 0 saturated carbocycles. The first-order valence-corrected chi connectivity index (χ1v) is 9.55. The molecular formula is C19H15FN6O3S. The van der Waals surface area contributed by atoms with Crippen LogP contribution in [0.1, 0.15) is 31.6 Å². The minimum absolute atomic E-state index is 0.115. The molecule has 0 aliphatic rings. The fourth-order valence-electron chi connectivity index (χ4n) is 2.75. The number of nitrogens with zero attached hydrogens (tertiary/aromatic N) is 4. The molecule has 4 rings (SSSR count). The van der Waals surface area contributed by atoms with E-state index in [1.54, 1.807) is 32.0 Å². The van der Waals surface area contributed by atoms with Gasteiger partial charge in [-0.3, -0.25) is 9.59 Å². The average Bonchev–Trinajstić information content (AvgIpc) is 3.45. The van der Waals surface area contributed by atoms with Crippen molar-refractivity contribution in [3.63, 3.8) is 0 Å². The Kier molecular flexibility index (Phi) is 5.11. The molecule has 4 aromatic rings. The van der Waals surface area contributed by atoms with Crippen LogP contribution in [0.2, 0.25) is 0 Å². The van der Waals surface area contributed by atoms with Gasteiger partial charge in [0, 0.05) is 5.69 Å². The molecule has 0 atom stereocenters. The number of benzene rings is 1. The number of thiophene rings is 1. The fraction of sp³-hybridized carbons (Fsp3) is 0.105. The lowest BCUT2D eigenvalue weighted by Gasteiger charge is -2.08. The highest BCUT2D eigenvalue weighted by atomic mass is 32.1. The highest BCUT2D eigenvalue weighted by Crippen LogP contribution is 2.28. The number of furan rings is 1. The van der Waals surface area contributed by atoms with Crippen molar-refractivity contribution in [2.24, 2.45) is 0 Å². The molecule has 152 valence electrons. The Morgan fingerprint density at radius 2 is 1.97 bits per heavy atom. The predicted molar refractivity (Wildman–Crippen MR) is 108 cm³/mol. The third-order valence-electron chi connectivity index (χ3n) is 4.16. The van der Waals surface area contributed by atoms with Crippen molar-refractivity contribution in [3.8, 4) is 5.69 Å². The summed E-state index contributed by atoms with van der Waals surface area (Å²) >= 11 is 1.12. The molecule has 0 saturated heterocycles. The lowest BCUT2D eigenvalue weighted by molar-refractivity contribution is 0.0995. The average molecular weight is 426 g/mol. The van der Waals surface area contributed by atoms with Crippen LogP contribution in [0.15, 0.2) is 47.1 Å². The minimum Gasteiger partial charge on any atom is -0.459 e. The first-order valence-electron chi connectivity index (χ1n) is 8.74. The van der Waals surface area contributed by atoms with Crippen molar-refractivity contribution in [3.05, 3.63) is 70.5 Å². The maximum atomic E-state index is 14.2. The zero-order valence-corrected chi connectivity index (χ0v) is 16.7. The van der Waals surface area contributed by atoms with E-state index in [1.165, 1.54) is 29.1 Å². The van der Waals surface area contributed by atoms with Crippen molar-refractivity contribution in [2.45, 2.75) is 13.8 Å². The fourth-order valence-corrected chi connectivity index (χ4v) is 3.71. The summed E-state index contributed by atoms with van der Waals surface area (Å²) in [5, 5.41) is 16.9. The van der Waals surface area contributed by atoms with E-state index in [0.717, 1.165) is 11.3 Å². The number of aryl methyl sites for hydroxylation is 2. The molecular weight excluding hydrogens is 411 g/mol. The van der Waals surface area contributed by atoms with E-state index in [0.29, 0.717) is 27.0 Å². The van der Waals surface area contributed by atoms with Gasteiger partial charge in [0.05, 0.1) is 16.1 Å². The Hall–Kier alpha value is -3.86. The summed E-state index contributed by atoms with van der Waals surface area (Å²) in [4.78, 5) is 25.3. The van der Waals surface area contributed by atoms with Crippen LogP contribution in [0.4, 0.5) is 15.1 Å². The normalized spacial score (nSPS) is 10.8. The Bertz CT molecular complexity index is 1230. The molecule has 0 radical (unpaired) electrons. The number of anilines is 2. The van der Waals surface area contributed by atoms with Crippen LogP contribution in [0, 0.1) is 19.7 Å². The first kappa shape index (κ1) is 19.5. The molecule has 3 heterocycles. The van der Waals surface area contributed by atoms with Crippen LogP contribution in [0.25, 0.3) is 5.69 Å². The van der Waals surface area contributed by atoms with Gasteiger partial charge >= 0.3 is 0 Å². The van der Waals surface area contributed by atoms with Crippen molar-refractivity contribution in [1.29, 1.82) is 0 Å². The maximum absolute atomic E-state index is 14.2. The zero-order chi connectivity index (χ0) is 21.3. The van der Waals surface area contributed by atoms with E-state index in [9.17, 15) is 14.0 Å². The smallest absolute Gasteiger partial charge is 0.291 e. The molecule has 11 heteroatoms. The number of carbonyl (C=O) groups excluding carboxylic acids is 2. The molecule has 9 nitrogen and oxygen atoms in total. The Balaban J connectivity index is 1.53. The van der Waals surface area contributed by atoms with E-state index >= 15 is 0 Å². The molecule has 1 aromatic carbocycles. The van der Waals surface area contributed by atoms with Gasteiger partial charge in [-0.2, -0.15) is 4.68 Å². The van der Waals surface area contributed by atoms with Gasteiger partial charge in [-0.25, -0.2) is 4.39 Å². The van der Waals surface area contributed by atoms with Crippen molar-refractivity contribution >= 4 is 33.8 Å². The molecule has 2 amide bonds. The largest absolute Gasteiger partial charge is 0.459 e. The van der Waals surface area contributed by atoms with Gasteiger partial charge in [-0.1, -0.05) is 0 Å². The van der Waals surface area contributed by atoms with Crippen LogP contribution < -0.4 is 10.6 Å². The van der Waals surface area contributed by atoms with Gasteiger partial charge in [-0.15, -0.1) is 16.4 Å². The van der Waals surface area contributed by atoms with E-state index in [-0.39, 0.29) is 17.4 Å². The third kappa shape index (κ3) is 3.82. The summed E-state index contributed by atoms with van der Waals surface area (Å²) < 4.78 is 20.5. The van der Waals surface area contributed by atoms with E-state index < -0.39 is 11.7 Å². The molecule has 0 bridgehead atoms. The standard InChI is InChI=1S/C19H15FN6O3S/c1-10-8-16(22-18(27)15-4-3-7-29-15)30-17(10)19(28)21-12-5-6-13(20)14(9-12)26-11(2)23-24-25-26/h3-9H,1-2H3,(H,21,28)(H,22,27). The number of rotatable bonds is 5. The number of hydrogen-bond acceptors (Lipinski definition) is 7. The Labute approximate surface area is 173 Å². The first-order chi connectivity index (χ1) is 14.4. The summed E-state index contributed by atoms with van der Waals surface area (Å²) in [6.07, 6.45) is 1.40. The second-order valence-corrected chi connectivity index (χ2v) is 7.36.